The summed E-state index contributed by atoms with van der Waals surface area (Å²) in [5, 5.41) is 10.6. The molecular formula is C15H26N8. The number of unbranched alkanes of at least 4 members (excludes halogenated alkanes) is 1. The minimum Gasteiger partial charge on any atom is -0.357 e. The van der Waals surface area contributed by atoms with Crippen LogP contribution in [0.4, 0.5) is 0 Å². The number of aryl methyl sites for hydroxylation is 3. The first kappa shape index (κ1) is 17.0. The molecule has 0 bridgehead atoms. The highest BCUT2D eigenvalue weighted by molar-refractivity contribution is 5.79. The Morgan fingerprint density at radius 3 is 2.78 bits per heavy atom. The summed E-state index contributed by atoms with van der Waals surface area (Å²) in [6.07, 6.45) is 7.59. The molecule has 0 saturated carbocycles. The molecule has 126 valence electrons. The number of aromatic nitrogens is 5. The first-order chi connectivity index (χ1) is 11.2. The fourth-order valence-corrected chi connectivity index (χ4v) is 2.21. The van der Waals surface area contributed by atoms with Crippen molar-refractivity contribution in [3.05, 3.63) is 30.4 Å². The number of imidazole rings is 1. The predicted molar refractivity (Wildman–Crippen MR) is 90.0 cm³/mol. The molecule has 0 atom stereocenters. The molecular weight excluding hydrogens is 292 g/mol. The lowest BCUT2D eigenvalue weighted by Crippen LogP contribution is -2.37. The van der Waals surface area contributed by atoms with Gasteiger partial charge in [-0.15, -0.1) is 0 Å². The largest absolute Gasteiger partial charge is 0.357 e. The van der Waals surface area contributed by atoms with E-state index in [9.17, 15) is 0 Å². The highest BCUT2D eigenvalue weighted by Crippen LogP contribution is 1.99. The number of rotatable bonds is 8. The van der Waals surface area contributed by atoms with E-state index in [4.69, 9.17) is 0 Å². The summed E-state index contributed by atoms with van der Waals surface area (Å²) in [5.41, 5.74) is 0. The van der Waals surface area contributed by atoms with Gasteiger partial charge in [-0.25, -0.2) is 15.0 Å². The Labute approximate surface area is 137 Å². The maximum atomic E-state index is 4.53. The van der Waals surface area contributed by atoms with Crippen molar-refractivity contribution < 1.29 is 0 Å². The van der Waals surface area contributed by atoms with Crippen LogP contribution in [0.5, 0.6) is 0 Å². The van der Waals surface area contributed by atoms with Crippen LogP contribution >= 0.6 is 0 Å². The molecule has 0 unspecified atom stereocenters. The molecule has 0 fully saturated rings. The van der Waals surface area contributed by atoms with E-state index >= 15 is 0 Å². The van der Waals surface area contributed by atoms with Crippen LogP contribution in [0.3, 0.4) is 0 Å². The van der Waals surface area contributed by atoms with Crippen LogP contribution in [0.25, 0.3) is 0 Å². The van der Waals surface area contributed by atoms with E-state index < -0.39 is 0 Å². The van der Waals surface area contributed by atoms with Gasteiger partial charge in [-0.2, -0.15) is 5.10 Å². The maximum absolute atomic E-state index is 4.53. The third-order valence-corrected chi connectivity index (χ3v) is 3.57. The highest BCUT2D eigenvalue weighted by Gasteiger charge is 2.01. The smallest absolute Gasteiger partial charge is 0.191 e. The summed E-state index contributed by atoms with van der Waals surface area (Å²) in [7, 11) is 1.87. The van der Waals surface area contributed by atoms with Crippen LogP contribution in [0.15, 0.2) is 23.7 Å². The Hall–Kier alpha value is -2.38. The number of hydrogen-bond donors (Lipinski definition) is 2. The molecule has 0 aliphatic rings. The Balaban J connectivity index is 1.71. The normalized spacial score (nSPS) is 11.7. The van der Waals surface area contributed by atoms with Gasteiger partial charge in [-0.05, 0) is 26.7 Å². The molecule has 2 aromatic heterocycles. The van der Waals surface area contributed by atoms with Crippen LogP contribution in [-0.4, -0.2) is 43.4 Å². The van der Waals surface area contributed by atoms with Gasteiger partial charge in [0.25, 0.3) is 0 Å². The molecule has 23 heavy (non-hydrogen) atoms. The zero-order valence-corrected chi connectivity index (χ0v) is 14.2. The molecule has 0 spiro atoms. The molecule has 0 radical (unpaired) electrons. The van der Waals surface area contributed by atoms with E-state index in [-0.39, 0.29) is 0 Å². The summed E-state index contributed by atoms with van der Waals surface area (Å²) in [6.45, 7) is 7.32. The van der Waals surface area contributed by atoms with E-state index in [0.717, 1.165) is 50.1 Å². The van der Waals surface area contributed by atoms with Crippen molar-refractivity contribution >= 4 is 5.96 Å². The van der Waals surface area contributed by atoms with Gasteiger partial charge in [0.15, 0.2) is 5.96 Å². The summed E-state index contributed by atoms with van der Waals surface area (Å²) in [4.78, 5) is 12.9. The fourth-order valence-electron chi connectivity index (χ4n) is 2.21. The van der Waals surface area contributed by atoms with Gasteiger partial charge in [-0.3, -0.25) is 4.68 Å². The predicted octanol–water partition coefficient (Wildman–Crippen LogP) is 0.856. The lowest BCUT2D eigenvalue weighted by Gasteiger charge is -2.11. The van der Waals surface area contributed by atoms with Crippen LogP contribution < -0.4 is 10.6 Å². The Morgan fingerprint density at radius 2 is 2.13 bits per heavy atom. The van der Waals surface area contributed by atoms with E-state index in [0.29, 0.717) is 6.54 Å². The molecule has 2 aromatic rings. The van der Waals surface area contributed by atoms with Gasteiger partial charge in [0.1, 0.15) is 24.5 Å². The maximum Gasteiger partial charge on any atom is 0.191 e. The lowest BCUT2D eigenvalue weighted by molar-refractivity contribution is 0.588. The fraction of sp³-hybridized carbons (Fsp3) is 0.600. The van der Waals surface area contributed by atoms with Crippen molar-refractivity contribution in [3.8, 4) is 0 Å². The molecule has 0 amide bonds. The third-order valence-electron chi connectivity index (χ3n) is 3.57. The first-order valence-electron chi connectivity index (χ1n) is 8.03. The van der Waals surface area contributed by atoms with Crippen molar-refractivity contribution in [3.63, 3.8) is 0 Å². The van der Waals surface area contributed by atoms with Gasteiger partial charge in [0.05, 0.1) is 0 Å². The number of nitrogens with one attached hydrogen (secondary N) is 2. The summed E-state index contributed by atoms with van der Waals surface area (Å²) < 4.78 is 3.91. The second-order valence-corrected chi connectivity index (χ2v) is 5.30. The average molecular weight is 318 g/mol. The monoisotopic (exact) mass is 318 g/mol. The minimum atomic E-state index is 0.514. The van der Waals surface area contributed by atoms with Gasteiger partial charge in [-0.1, -0.05) is 0 Å². The van der Waals surface area contributed by atoms with E-state index in [1.807, 2.05) is 26.4 Å². The second-order valence-electron chi connectivity index (χ2n) is 5.30. The Morgan fingerprint density at radius 1 is 1.26 bits per heavy atom. The van der Waals surface area contributed by atoms with Gasteiger partial charge in [0.2, 0.25) is 0 Å². The number of aliphatic imine (C=N–C) groups is 1. The Bertz CT molecular complexity index is 613. The molecule has 0 aliphatic heterocycles. The highest BCUT2D eigenvalue weighted by atomic mass is 15.3. The number of hydrogen-bond acceptors (Lipinski definition) is 4. The van der Waals surface area contributed by atoms with Crippen LogP contribution in [0.1, 0.15) is 31.4 Å². The van der Waals surface area contributed by atoms with Crippen LogP contribution in [-0.2, 0) is 20.1 Å². The average Bonchev–Trinajstić information content (AvgIpc) is 3.13. The number of guanidine groups is 1. The van der Waals surface area contributed by atoms with Crippen molar-refractivity contribution in [2.24, 2.45) is 12.0 Å². The molecule has 0 aliphatic carbocycles. The van der Waals surface area contributed by atoms with Crippen molar-refractivity contribution in [2.75, 3.05) is 13.1 Å². The Kier molecular flexibility index (Phi) is 6.58. The quantitative estimate of drug-likeness (QED) is 0.428. The summed E-state index contributed by atoms with van der Waals surface area (Å²) in [6, 6.07) is 0. The zero-order valence-electron chi connectivity index (χ0n) is 14.2. The third kappa shape index (κ3) is 5.39. The first-order valence-corrected chi connectivity index (χ1v) is 8.03. The standard InChI is InChI=1S/C15H26N8/c1-4-16-15(19-11-14-20-12-21-22(14)3)18-7-5-6-9-23-10-8-17-13(23)2/h8,10,12H,4-7,9,11H2,1-3H3,(H2,16,18,19). The molecule has 2 N–H and O–H groups in total. The topological polar surface area (TPSA) is 85.0 Å². The minimum absolute atomic E-state index is 0.514. The number of nitrogens with zero attached hydrogens (tertiary/aromatic N) is 6. The van der Waals surface area contributed by atoms with Crippen molar-refractivity contribution in [1.82, 2.24) is 34.9 Å². The van der Waals surface area contributed by atoms with Crippen molar-refractivity contribution in [1.29, 1.82) is 0 Å². The molecule has 0 aromatic carbocycles. The molecule has 8 heteroatoms. The van der Waals surface area contributed by atoms with Gasteiger partial charge >= 0.3 is 0 Å². The molecule has 0 saturated heterocycles. The molecule has 2 rings (SSSR count). The van der Waals surface area contributed by atoms with E-state index in [2.05, 4.69) is 42.2 Å². The van der Waals surface area contributed by atoms with Crippen LogP contribution in [0, 0.1) is 6.92 Å². The SMILES string of the molecule is CCNC(=NCc1ncnn1C)NCCCCn1ccnc1C. The zero-order chi connectivity index (χ0) is 16.5. The van der Waals surface area contributed by atoms with Gasteiger partial charge < -0.3 is 15.2 Å². The lowest BCUT2D eigenvalue weighted by atomic mass is 10.3. The second kappa shape index (κ2) is 8.92. The van der Waals surface area contributed by atoms with Crippen LogP contribution in [0.2, 0.25) is 0 Å². The van der Waals surface area contributed by atoms with Crippen molar-refractivity contribution in [2.45, 2.75) is 39.8 Å². The molecule has 8 nitrogen and oxygen atoms in total. The van der Waals surface area contributed by atoms with E-state index in [1.54, 1.807) is 11.0 Å². The van der Waals surface area contributed by atoms with E-state index in [1.165, 1.54) is 0 Å². The molecule has 2 heterocycles. The summed E-state index contributed by atoms with van der Waals surface area (Å²) >= 11 is 0. The van der Waals surface area contributed by atoms with Gasteiger partial charge in [0, 0.05) is 39.1 Å². The summed E-state index contributed by atoms with van der Waals surface area (Å²) in [5.74, 6) is 2.73.